The molecule has 1 amide bonds. The maximum absolute atomic E-state index is 11.8. The molecule has 1 rings (SSSR count). The Kier molecular flexibility index (Phi) is 4.64. The summed E-state index contributed by atoms with van der Waals surface area (Å²) in [6.45, 7) is 8.45. The number of hydrogen-bond donors (Lipinski definition) is 1. The number of anilines is 1. The van der Waals surface area contributed by atoms with E-state index < -0.39 is 21.0 Å². The zero-order chi connectivity index (χ0) is 13.9. The predicted molar refractivity (Wildman–Crippen MR) is 73.7 cm³/mol. The van der Waals surface area contributed by atoms with Crippen LogP contribution in [0.4, 0.5) is 5.13 Å². The molecule has 0 aliphatic carbocycles. The molecule has 1 atom stereocenters. The molecule has 1 heterocycles. The molecule has 0 aliphatic heterocycles. The van der Waals surface area contributed by atoms with Crippen LogP contribution in [0.15, 0.2) is 12.7 Å². The number of thiazole rings is 1. The lowest BCUT2D eigenvalue weighted by Gasteiger charge is -2.10. The van der Waals surface area contributed by atoms with Gasteiger partial charge in [-0.1, -0.05) is 6.08 Å². The first-order chi connectivity index (χ1) is 8.27. The number of rotatable bonds is 5. The number of nitrogens with zero attached hydrogens (tertiary/aromatic N) is 1. The maximum Gasteiger partial charge on any atom is 0.244 e. The van der Waals surface area contributed by atoms with Gasteiger partial charge in [0.1, 0.15) is 5.25 Å². The Balaban J connectivity index is 2.80. The Hall–Kier alpha value is -1.21. The fraction of sp³-hybridized carbons (Fsp3) is 0.455. The van der Waals surface area contributed by atoms with E-state index in [1.54, 1.807) is 0 Å². The lowest BCUT2D eigenvalue weighted by atomic mass is 10.4. The number of aromatic nitrogens is 1. The first-order valence-electron chi connectivity index (χ1n) is 5.35. The van der Waals surface area contributed by atoms with Gasteiger partial charge in [0.15, 0.2) is 15.0 Å². The van der Waals surface area contributed by atoms with E-state index >= 15 is 0 Å². The van der Waals surface area contributed by atoms with Crippen LogP contribution in [-0.4, -0.2) is 30.3 Å². The summed E-state index contributed by atoms with van der Waals surface area (Å²) in [5.41, 5.74) is 0.830. The Bertz CT molecular complexity index is 541. The third-order valence-corrected chi connectivity index (χ3v) is 5.50. The molecular formula is C11H16N2O3S2. The van der Waals surface area contributed by atoms with E-state index in [9.17, 15) is 13.2 Å². The lowest BCUT2D eigenvalue weighted by molar-refractivity contribution is -0.115. The highest BCUT2D eigenvalue weighted by Crippen LogP contribution is 2.21. The van der Waals surface area contributed by atoms with Crippen LogP contribution in [0.25, 0.3) is 0 Å². The van der Waals surface area contributed by atoms with Crippen molar-refractivity contribution >= 4 is 32.2 Å². The van der Waals surface area contributed by atoms with Crippen LogP contribution in [0.2, 0.25) is 0 Å². The average Bonchev–Trinajstić information content (AvgIpc) is 2.56. The summed E-state index contributed by atoms with van der Waals surface area (Å²) in [7, 11) is -3.49. The first kappa shape index (κ1) is 14.8. The standard InChI is InChI=1S/C11H16N2O3S2/c1-5-6-18(15,16)9(4)10(14)13-11-12-7(2)8(3)17-11/h5,9H,1,6H2,2-4H3,(H,12,13,14). The minimum atomic E-state index is -3.49. The van der Waals surface area contributed by atoms with E-state index in [1.165, 1.54) is 24.3 Å². The van der Waals surface area contributed by atoms with Crippen molar-refractivity contribution in [3.63, 3.8) is 0 Å². The summed E-state index contributed by atoms with van der Waals surface area (Å²) < 4.78 is 23.4. The van der Waals surface area contributed by atoms with Crippen molar-refractivity contribution < 1.29 is 13.2 Å². The van der Waals surface area contributed by atoms with E-state index in [1.807, 2.05) is 13.8 Å². The van der Waals surface area contributed by atoms with E-state index in [0.717, 1.165) is 10.6 Å². The molecule has 0 aromatic carbocycles. The number of aryl methyl sites for hydroxylation is 2. The van der Waals surface area contributed by atoms with Crippen molar-refractivity contribution in [2.75, 3.05) is 11.1 Å². The highest BCUT2D eigenvalue weighted by atomic mass is 32.2. The molecule has 100 valence electrons. The van der Waals surface area contributed by atoms with Crippen molar-refractivity contribution in [3.05, 3.63) is 23.2 Å². The van der Waals surface area contributed by atoms with E-state index in [2.05, 4.69) is 16.9 Å². The largest absolute Gasteiger partial charge is 0.301 e. The van der Waals surface area contributed by atoms with E-state index in [4.69, 9.17) is 0 Å². The number of amides is 1. The molecule has 1 aromatic heterocycles. The number of carbonyl (C=O) groups excluding carboxylic acids is 1. The molecule has 7 heteroatoms. The van der Waals surface area contributed by atoms with Gasteiger partial charge in [0.25, 0.3) is 0 Å². The van der Waals surface area contributed by atoms with Gasteiger partial charge in [0.05, 0.1) is 11.4 Å². The van der Waals surface area contributed by atoms with E-state index in [0.29, 0.717) is 5.13 Å². The zero-order valence-corrected chi connectivity index (χ0v) is 12.2. The topological polar surface area (TPSA) is 76.1 Å². The highest BCUT2D eigenvalue weighted by molar-refractivity contribution is 7.92. The summed E-state index contributed by atoms with van der Waals surface area (Å²) in [6.07, 6.45) is 1.27. The second kappa shape index (κ2) is 5.62. The van der Waals surface area contributed by atoms with Crippen LogP contribution < -0.4 is 5.32 Å². The van der Waals surface area contributed by atoms with Crippen LogP contribution in [0, 0.1) is 13.8 Å². The second-order valence-corrected chi connectivity index (χ2v) is 7.48. The van der Waals surface area contributed by atoms with Gasteiger partial charge >= 0.3 is 0 Å². The van der Waals surface area contributed by atoms with Crippen LogP contribution in [-0.2, 0) is 14.6 Å². The monoisotopic (exact) mass is 288 g/mol. The molecule has 0 radical (unpaired) electrons. The highest BCUT2D eigenvalue weighted by Gasteiger charge is 2.27. The summed E-state index contributed by atoms with van der Waals surface area (Å²) in [5.74, 6) is -0.775. The Morgan fingerprint density at radius 2 is 2.17 bits per heavy atom. The van der Waals surface area contributed by atoms with Gasteiger partial charge in [0.2, 0.25) is 5.91 Å². The molecule has 1 N–H and O–H groups in total. The van der Waals surface area contributed by atoms with Crippen LogP contribution in [0.3, 0.4) is 0 Å². The molecular weight excluding hydrogens is 272 g/mol. The van der Waals surface area contributed by atoms with Crippen LogP contribution >= 0.6 is 11.3 Å². The molecule has 0 spiro atoms. The SMILES string of the molecule is C=CCS(=O)(=O)C(C)C(=O)Nc1nc(C)c(C)s1. The summed E-state index contributed by atoms with van der Waals surface area (Å²) in [4.78, 5) is 16.9. The normalized spacial score (nSPS) is 13.1. The molecule has 0 saturated carbocycles. The molecule has 18 heavy (non-hydrogen) atoms. The third kappa shape index (κ3) is 3.39. The summed E-state index contributed by atoms with van der Waals surface area (Å²) in [5, 5.41) is 1.84. The molecule has 0 bridgehead atoms. The minimum Gasteiger partial charge on any atom is -0.301 e. The van der Waals surface area contributed by atoms with Crippen LogP contribution in [0.1, 0.15) is 17.5 Å². The van der Waals surface area contributed by atoms with Crippen molar-refractivity contribution in [1.82, 2.24) is 4.98 Å². The number of sulfone groups is 1. The average molecular weight is 288 g/mol. The van der Waals surface area contributed by atoms with Crippen molar-refractivity contribution in [2.45, 2.75) is 26.0 Å². The fourth-order valence-corrected chi connectivity index (χ4v) is 3.02. The molecule has 1 unspecified atom stereocenters. The Morgan fingerprint density at radius 1 is 1.56 bits per heavy atom. The summed E-state index contributed by atoms with van der Waals surface area (Å²) in [6, 6.07) is 0. The first-order valence-corrected chi connectivity index (χ1v) is 7.88. The van der Waals surface area contributed by atoms with Crippen molar-refractivity contribution in [1.29, 1.82) is 0 Å². The zero-order valence-electron chi connectivity index (χ0n) is 10.6. The smallest absolute Gasteiger partial charge is 0.244 e. The number of hydrogen-bond acceptors (Lipinski definition) is 5. The molecule has 0 fully saturated rings. The van der Waals surface area contributed by atoms with Gasteiger partial charge in [-0.05, 0) is 20.8 Å². The van der Waals surface area contributed by atoms with Gasteiger partial charge in [0, 0.05) is 4.88 Å². The molecule has 0 aliphatic rings. The Labute approximate surface area is 111 Å². The lowest BCUT2D eigenvalue weighted by Crippen LogP contribution is -2.33. The van der Waals surface area contributed by atoms with Crippen molar-refractivity contribution in [3.8, 4) is 0 Å². The maximum atomic E-state index is 11.8. The van der Waals surface area contributed by atoms with Gasteiger partial charge in [-0.2, -0.15) is 0 Å². The van der Waals surface area contributed by atoms with Crippen molar-refractivity contribution in [2.24, 2.45) is 0 Å². The minimum absolute atomic E-state index is 0.211. The molecule has 5 nitrogen and oxygen atoms in total. The number of carbonyl (C=O) groups is 1. The van der Waals surface area contributed by atoms with Gasteiger partial charge in [-0.15, -0.1) is 17.9 Å². The van der Waals surface area contributed by atoms with Gasteiger partial charge < -0.3 is 5.32 Å². The van der Waals surface area contributed by atoms with E-state index in [-0.39, 0.29) is 5.75 Å². The predicted octanol–water partition coefficient (Wildman–Crippen LogP) is 1.69. The van der Waals surface area contributed by atoms with Crippen LogP contribution in [0.5, 0.6) is 0 Å². The van der Waals surface area contributed by atoms with Gasteiger partial charge in [-0.3, -0.25) is 4.79 Å². The summed E-state index contributed by atoms with van der Waals surface area (Å²) >= 11 is 1.33. The third-order valence-electron chi connectivity index (χ3n) is 2.52. The molecule has 0 saturated heterocycles. The second-order valence-electron chi connectivity index (χ2n) is 3.91. The van der Waals surface area contributed by atoms with Gasteiger partial charge in [-0.25, -0.2) is 13.4 Å². The number of nitrogens with one attached hydrogen (secondary N) is 1. The fourth-order valence-electron chi connectivity index (χ4n) is 1.20. The Morgan fingerprint density at radius 3 is 2.61 bits per heavy atom. The molecule has 1 aromatic rings. The quantitative estimate of drug-likeness (QED) is 0.836.